The van der Waals surface area contributed by atoms with E-state index in [0.717, 1.165) is 54.6 Å². The first-order valence-electron chi connectivity index (χ1n) is 11.4. The number of amides is 5. The van der Waals surface area contributed by atoms with E-state index in [1.807, 2.05) is 30.3 Å². The van der Waals surface area contributed by atoms with E-state index in [2.05, 4.69) is 16.2 Å². The van der Waals surface area contributed by atoms with E-state index in [-0.39, 0.29) is 0 Å². The summed E-state index contributed by atoms with van der Waals surface area (Å²) in [6.45, 7) is -0.462. The van der Waals surface area contributed by atoms with Crippen molar-refractivity contribution in [3.63, 3.8) is 0 Å². The molecule has 1 saturated heterocycles. The number of hydrogen-bond acceptors (Lipinski definition) is 5. The molecule has 0 radical (unpaired) electrons. The monoisotopic (exact) mass is 466 g/mol. The number of rotatable bonds is 3. The Bertz CT molecular complexity index is 1120. The lowest BCUT2D eigenvalue weighted by atomic mass is 9.76. The van der Waals surface area contributed by atoms with Crippen molar-refractivity contribution in [3.05, 3.63) is 56.8 Å². The zero-order chi connectivity index (χ0) is 23.0. The number of hydrogen-bond donors (Lipinski definition) is 3. The highest BCUT2D eigenvalue weighted by atomic mass is 32.1. The van der Waals surface area contributed by atoms with Gasteiger partial charge in [0.15, 0.2) is 0 Å². The first-order valence-corrected chi connectivity index (χ1v) is 12.2. The van der Waals surface area contributed by atoms with Crippen LogP contribution in [0.1, 0.15) is 63.3 Å². The van der Waals surface area contributed by atoms with Crippen molar-refractivity contribution in [1.29, 1.82) is 0 Å². The average molecular weight is 467 g/mol. The minimum Gasteiger partial charge on any atom is -0.319 e. The maximum Gasteiger partial charge on any atom is 0.325 e. The lowest BCUT2D eigenvalue weighted by molar-refractivity contribution is -0.135. The number of thiophene rings is 1. The quantitative estimate of drug-likeness (QED) is 0.367. The molecule has 172 valence electrons. The number of carbonyl (C=O) groups excluding carboxylic acids is 4. The summed E-state index contributed by atoms with van der Waals surface area (Å²) >= 11 is 1.46. The Kier molecular flexibility index (Phi) is 5.65. The van der Waals surface area contributed by atoms with Crippen molar-refractivity contribution >= 4 is 35.1 Å². The predicted octanol–water partition coefficient (Wildman–Crippen LogP) is 2.56. The van der Waals surface area contributed by atoms with Gasteiger partial charge < -0.3 is 5.32 Å². The van der Waals surface area contributed by atoms with Gasteiger partial charge in [0.1, 0.15) is 12.1 Å². The first-order chi connectivity index (χ1) is 16.0. The molecule has 1 fully saturated rings. The maximum atomic E-state index is 13.3. The van der Waals surface area contributed by atoms with Gasteiger partial charge in [-0.25, -0.2) is 4.79 Å². The van der Waals surface area contributed by atoms with Crippen LogP contribution in [0.25, 0.3) is 0 Å². The highest BCUT2D eigenvalue weighted by Gasteiger charge is 2.54. The molecule has 2 heterocycles. The molecule has 1 aromatic heterocycles. The average Bonchev–Trinajstić information content (AvgIpc) is 3.23. The van der Waals surface area contributed by atoms with Crippen molar-refractivity contribution in [1.82, 2.24) is 21.1 Å². The lowest BCUT2D eigenvalue weighted by Gasteiger charge is -2.33. The van der Waals surface area contributed by atoms with Crippen LogP contribution in [0.3, 0.4) is 0 Å². The van der Waals surface area contributed by atoms with Crippen LogP contribution in [-0.4, -0.2) is 35.2 Å². The number of nitrogens with one attached hydrogen (secondary N) is 3. The van der Waals surface area contributed by atoms with Gasteiger partial charge in [0.25, 0.3) is 17.7 Å². The summed E-state index contributed by atoms with van der Waals surface area (Å²) < 4.78 is 0. The Labute approximate surface area is 195 Å². The third kappa shape index (κ3) is 3.90. The number of hydrazine groups is 1. The molecule has 3 aliphatic rings. The number of nitrogens with zero attached hydrogens (tertiary/aromatic N) is 1. The maximum absolute atomic E-state index is 13.3. The predicted molar refractivity (Wildman–Crippen MR) is 122 cm³/mol. The number of benzene rings is 1. The molecule has 0 bridgehead atoms. The Hall–Kier alpha value is -3.20. The number of urea groups is 1. The summed E-state index contributed by atoms with van der Waals surface area (Å²) in [5, 5.41) is 2.83. The Morgan fingerprint density at radius 3 is 2.67 bits per heavy atom. The lowest BCUT2D eigenvalue weighted by Crippen LogP contribution is -2.49. The van der Waals surface area contributed by atoms with Crippen molar-refractivity contribution in [2.24, 2.45) is 0 Å². The van der Waals surface area contributed by atoms with Crippen molar-refractivity contribution < 1.29 is 19.2 Å². The van der Waals surface area contributed by atoms with Crippen LogP contribution >= 0.6 is 11.3 Å². The second-order valence-electron chi connectivity index (χ2n) is 8.86. The fraction of sp³-hybridized carbons (Fsp3) is 0.417. The Morgan fingerprint density at radius 1 is 1.00 bits per heavy atom. The molecule has 1 spiro atoms. The molecule has 1 unspecified atom stereocenters. The molecule has 2 aromatic rings. The summed E-state index contributed by atoms with van der Waals surface area (Å²) in [5.74, 6) is -1.45. The number of fused-ring (bicyclic) bond motifs is 3. The Balaban J connectivity index is 1.22. The van der Waals surface area contributed by atoms with E-state index in [1.165, 1.54) is 28.2 Å². The molecule has 3 N–H and O–H groups in total. The molecule has 0 saturated carbocycles. The molecule has 8 nitrogen and oxygen atoms in total. The molecule has 1 atom stereocenters. The molecule has 1 aromatic carbocycles. The molecule has 2 aliphatic carbocycles. The van der Waals surface area contributed by atoms with Gasteiger partial charge in [-0.2, -0.15) is 0 Å². The van der Waals surface area contributed by atoms with Gasteiger partial charge in [-0.3, -0.25) is 30.1 Å². The van der Waals surface area contributed by atoms with Crippen LogP contribution < -0.4 is 16.2 Å². The standard InChI is InChI=1S/C24H26N4O4S/c29-20(26-27-21(30)19-13-16-8-2-1-3-11-18(16)33-19)14-28-22(31)24(25-23(28)32)12-6-9-15-7-4-5-10-17(15)24/h4-5,7,10,13H,1-3,6,8-9,11-12,14H2,(H,25,32)(H,26,29)(H,27,30). The molecule has 5 rings (SSSR count). The van der Waals surface area contributed by atoms with E-state index in [0.29, 0.717) is 11.3 Å². The van der Waals surface area contributed by atoms with Crippen molar-refractivity contribution in [3.8, 4) is 0 Å². The van der Waals surface area contributed by atoms with Crippen molar-refractivity contribution in [2.75, 3.05) is 6.54 Å². The summed E-state index contributed by atoms with van der Waals surface area (Å²) in [6.07, 6.45) is 7.52. The van der Waals surface area contributed by atoms with Gasteiger partial charge in [0, 0.05) is 4.88 Å². The third-order valence-electron chi connectivity index (χ3n) is 6.74. The fourth-order valence-electron chi connectivity index (χ4n) is 5.11. The molecule has 5 amide bonds. The van der Waals surface area contributed by atoms with Crippen LogP contribution in [0.15, 0.2) is 30.3 Å². The minimum atomic E-state index is -1.12. The van der Waals surface area contributed by atoms with Gasteiger partial charge in [0.05, 0.1) is 4.88 Å². The largest absolute Gasteiger partial charge is 0.325 e. The highest BCUT2D eigenvalue weighted by molar-refractivity contribution is 7.14. The topological polar surface area (TPSA) is 108 Å². The van der Waals surface area contributed by atoms with E-state index < -0.39 is 35.8 Å². The van der Waals surface area contributed by atoms with Crippen LogP contribution in [0, 0.1) is 0 Å². The van der Waals surface area contributed by atoms with Gasteiger partial charge >= 0.3 is 6.03 Å². The van der Waals surface area contributed by atoms with Crippen molar-refractivity contribution in [2.45, 2.75) is 56.9 Å². The Morgan fingerprint density at radius 2 is 1.79 bits per heavy atom. The summed E-state index contributed by atoms with van der Waals surface area (Å²) in [6, 6.07) is 8.89. The summed E-state index contributed by atoms with van der Waals surface area (Å²) in [5.41, 5.74) is 6.68. The van der Waals surface area contributed by atoms with Gasteiger partial charge in [-0.05, 0) is 67.7 Å². The summed E-state index contributed by atoms with van der Waals surface area (Å²) in [4.78, 5) is 53.6. The number of carbonyl (C=O) groups is 4. The zero-order valence-corrected chi connectivity index (χ0v) is 19.1. The smallest absolute Gasteiger partial charge is 0.319 e. The first kappa shape index (κ1) is 21.6. The van der Waals surface area contributed by atoms with Crippen LogP contribution in [0.4, 0.5) is 4.79 Å². The number of aryl methyl sites for hydroxylation is 3. The minimum absolute atomic E-state index is 0.392. The second-order valence-corrected chi connectivity index (χ2v) is 10.00. The highest BCUT2D eigenvalue weighted by Crippen LogP contribution is 2.39. The molecular formula is C24H26N4O4S. The zero-order valence-electron chi connectivity index (χ0n) is 18.2. The summed E-state index contributed by atoms with van der Waals surface area (Å²) in [7, 11) is 0. The van der Waals surface area contributed by atoms with Crippen LogP contribution in [0.2, 0.25) is 0 Å². The third-order valence-corrected chi connectivity index (χ3v) is 7.97. The van der Waals surface area contributed by atoms with Crippen LogP contribution in [-0.2, 0) is 34.4 Å². The van der Waals surface area contributed by atoms with Gasteiger partial charge in [0.2, 0.25) is 0 Å². The molecule has 33 heavy (non-hydrogen) atoms. The normalized spacial score (nSPS) is 21.8. The van der Waals surface area contributed by atoms with Crippen LogP contribution in [0.5, 0.6) is 0 Å². The van der Waals surface area contributed by atoms with E-state index in [4.69, 9.17) is 0 Å². The van der Waals surface area contributed by atoms with E-state index in [9.17, 15) is 19.2 Å². The van der Waals surface area contributed by atoms with Gasteiger partial charge in [-0.1, -0.05) is 30.7 Å². The second kappa shape index (κ2) is 8.62. The molecule has 1 aliphatic heterocycles. The van der Waals surface area contributed by atoms with E-state index in [1.54, 1.807) is 0 Å². The SMILES string of the molecule is O=C(CN1C(=O)NC2(CCCc3ccccc32)C1=O)NNC(=O)c1cc2c(s1)CCCCC2. The van der Waals surface area contributed by atoms with E-state index >= 15 is 0 Å². The molecular weight excluding hydrogens is 440 g/mol. The fourth-order valence-corrected chi connectivity index (χ4v) is 6.25. The number of imide groups is 1. The van der Waals surface area contributed by atoms with Gasteiger partial charge in [-0.15, -0.1) is 11.3 Å². The molecule has 9 heteroatoms.